The number of esters is 1. The van der Waals surface area contributed by atoms with Crippen molar-refractivity contribution in [1.82, 2.24) is 15.2 Å². The van der Waals surface area contributed by atoms with Crippen LogP contribution in [0.25, 0.3) is 0 Å². The Morgan fingerprint density at radius 2 is 2.08 bits per heavy atom. The number of amides is 1. The van der Waals surface area contributed by atoms with E-state index in [0.29, 0.717) is 29.1 Å². The summed E-state index contributed by atoms with van der Waals surface area (Å²) in [5.41, 5.74) is 2.00. The van der Waals surface area contributed by atoms with E-state index in [4.69, 9.17) is 9.15 Å². The normalized spacial score (nSPS) is 12.2. The molecule has 1 unspecified atom stereocenters. The van der Waals surface area contributed by atoms with Crippen LogP contribution in [0.3, 0.4) is 0 Å². The lowest BCUT2D eigenvalue weighted by atomic mass is 10.1. The molecular weight excluding hydrogens is 322 g/mol. The van der Waals surface area contributed by atoms with Crippen LogP contribution in [0.2, 0.25) is 0 Å². The quantitative estimate of drug-likeness (QED) is 0.751. The van der Waals surface area contributed by atoms with Gasteiger partial charge in [0.1, 0.15) is 11.5 Å². The van der Waals surface area contributed by atoms with Gasteiger partial charge in [-0.3, -0.25) is 9.69 Å². The Hall–Kier alpha value is -2.54. The van der Waals surface area contributed by atoms with Gasteiger partial charge in [-0.25, -0.2) is 4.79 Å². The summed E-state index contributed by atoms with van der Waals surface area (Å²) in [6.45, 7) is 5.91. The van der Waals surface area contributed by atoms with Crippen molar-refractivity contribution < 1.29 is 18.7 Å². The van der Waals surface area contributed by atoms with Crippen molar-refractivity contribution in [2.45, 2.75) is 26.8 Å². The lowest BCUT2D eigenvalue weighted by molar-refractivity contribution is 0.0525. The molecule has 2 rings (SSSR count). The molecule has 2 aromatic heterocycles. The number of aromatic amines is 1. The Morgan fingerprint density at radius 1 is 1.36 bits per heavy atom. The van der Waals surface area contributed by atoms with Crippen molar-refractivity contribution in [3.8, 4) is 0 Å². The van der Waals surface area contributed by atoms with Gasteiger partial charge in [0.25, 0.3) is 5.91 Å². The molecule has 2 N–H and O–H groups in total. The molecule has 0 saturated heterocycles. The first-order valence-corrected chi connectivity index (χ1v) is 8.21. The number of rotatable bonds is 7. The lowest BCUT2D eigenvalue weighted by Crippen LogP contribution is -2.34. The summed E-state index contributed by atoms with van der Waals surface area (Å²) in [6.07, 6.45) is 1.61. The number of furan rings is 1. The molecule has 0 spiro atoms. The average Bonchev–Trinajstić information content (AvgIpc) is 3.15. The van der Waals surface area contributed by atoms with Crippen LogP contribution in [-0.4, -0.2) is 49.0 Å². The van der Waals surface area contributed by atoms with Crippen LogP contribution in [0, 0.1) is 13.8 Å². The molecule has 1 atom stereocenters. The summed E-state index contributed by atoms with van der Waals surface area (Å²) < 4.78 is 10.5. The second-order valence-electron chi connectivity index (χ2n) is 6.05. The van der Waals surface area contributed by atoms with Gasteiger partial charge >= 0.3 is 5.97 Å². The number of carbonyl (C=O) groups is 2. The first-order valence-electron chi connectivity index (χ1n) is 8.21. The number of nitrogens with zero attached hydrogens (tertiary/aromatic N) is 1. The fourth-order valence-corrected chi connectivity index (χ4v) is 2.78. The number of nitrogens with one attached hydrogen (secondary N) is 2. The molecule has 0 aromatic carbocycles. The average molecular weight is 347 g/mol. The van der Waals surface area contributed by atoms with Crippen LogP contribution >= 0.6 is 0 Å². The lowest BCUT2D eigenvalue weighted by Gasteiger charge is -2.22. The predicted octanol–water partition coefficient (Wildman–Crippen LogP) is 2.43. The molecule has 0 aliphatic carbocycles. The Kier molecular flexibility index (Phi) is 6.03. The third-order valence-corrected chi connectivity index (χ3v) is 4.10. The molecule has 0 radical (unpaired) electrons. The van der Waals surface area contributed by atoms with E-state index in [1.54, 1.807) is 27.0 Å². The minimum Gasteiger partial charge on any atom is -0.468 e. The van der Waals surface area contributed by atoms with Gasteiger partial charge in [-0.05, 0) is 52.6 Å². The van der Waals surface area contributed by atoms with Crippen LogP contribution in [-0.2, 0) is 4.74 Å². The maximum atomic E-state index is 12.6. The smallest absolute Gasteiger partial charge is 0.340 e. The Balaban J connectivity index is 2.13. The van der Waals surface area contributed by atoms with Gasteiger partial charge in [0.05, 0.1) is 24.5 Å². The second-order valence-corrected chi connectivity index (χ2v) is 6.05. The van der Waals surface area contributed by atoms with Gasteiger partial charge in [0, 0.05) is 12.2 Å². The minimum atomic E-state index is -0.422. The van der Waals surface area contributed by atoms with Crippen molar-refractivity contribution in [3.63, 3.8) is 0 Å². The second kappa shape index (κ2) is 8.02. The summed E-state index contributed by atoms with van der Waals surface area (Å²) in [5, 5.41) is 2.90. The molecule has 2 heterocycles. The van der Waals surface area contributed by atoms with Gasteiger partial charge in [-0.1, -0.05) is 0 Å². The molecular formula is C18H25N3O4. The number of likely N-dealkylation sites (N-methyl/N-ethyl adjacent to an activating group) is 1. The highest BCUT2D eigenvalue weighted by atomic mass is 16.5. The molecule has 136 valence electrons. The number of carbonyl (C=O) groups excluding carboxylic acids is 2. The van der Waals surface area contributed by atoms with Gasteiger partial charge in [-0.2, -0.15) is 0 Å². The third kappa shape index (κ3) is 4.11. The molecule has 7 nitrogen and oxygen atoms in total. The summed E-state index contributed by atoms with van der Waals surface area (Å²) in [4.78, 5) is 29.6. The summed E-state index contributed by atoms with van der Waals surface area (Å²) in [6, 6.07) is 3.61. The minimum absolute atomic E-state index is 0.0835. The fraction of sp³-hybridized carbons (Fsp3) is 0.444. The zero-order valence-electron chi connectivity index (χ0n) is 15.3. The number of aryl methyl sites for hydroxylation is 1. The predicted molar refractivity (Wildman–Crippen MR) is 93.7 cm³/mol. The van der Waals surface area contributed by atoms with E-state index in [9.17, 15) is 9.59 Å². The maximum Gasteiger partial charge on any atom is 0.340 e. The fourth-order valence-electron chi connectivity index (χ4n) is 2.78. The standard InChI is InChI=1S/C18H25N3O4/c1-6-24-18(23)15-11(2)16(20-12(15)3)17(22)19-10-13(21(4)5)14-8-7-9-25-14/h7-9,13,20H,6,10H2,1-5H3,(H,19,22). The molecule has 0 saturated carbocycles. The molecule has 0 fully saturated rings. The first-order chi connectivity index (χ1) is 11.9. The number of aromatic nitrogens is 1. The SMILES string of the molecule is CCOC(=O)c1c(C)[nH]c(C(=O)NCC(c2ccco2)N(C)C)c1C. The molecule has 2 aromatic rings. The molecule has 25 heavy (non-hydrogen) atoms. The van der Waals surface area contributed by atoms with Gasteiger partial charge in [-0.15, -0.1) is 0 Å². The van der Waals surface area contributed by atoms with E-state index in [0.717, 1.165) is 5.76 Å². The van der Waals surface area contributed by atoms with Crippen LogP contribution in [0.4, 0.5) is 0 Å². The topological polar surface area (TPSA) is 87.6 Å². The number of hydrogen-bond acceptors (Lipinski definition) is 5. The summed E-state index contributed by atoms with van der Waals surface area (Å²) >= 11 is 0. The summed E-state index contributed by atoms with van der Waals surface area (Å²) in [7, 11) is 3.84. The van der Waals surface area contributed by atoms with E-state index < -0.39 is 5.97 Å². The molecule has 0 bridgehead atoms. The van der Waals surface area contributed by atoms with Crippen molar-refractivity contribution >= 4 is 11.9 Å². The van der Waals surface area contributed by atoms with Crippen LogP contribution in [0.15, 0.2) is 22.8 Å². The zero-order chi connectivity index (χ0) is 18.6. The van der Waals surface area contributed by atoms with Gasteiger partial charge < -0.3 is 19.5 Å². The van der Waals surface area contributed by atoms with E-state index >= 15 is 0 Å². The first kappa shape index (κ1) is 18.8. The number of H-pyrrole nitrogens is 1. The Bertz CT molecular complexity index is 732. The van der Waals surface area contributed by atoms with E-state index in [-0.39, 0.29) is 18.6 Å². The highest BCUT2D eigenvalue weighted by molar-refractivity contribution is 6.00. The molecule has 0 aliphatic rings. The molecule has 1 amide bonds. The van der Waals surface area contributed by atoms with Crippen LogP contribution in [0.1, 0.15) is 50.8 Å². The van der Waals surface area contributed by atoms with Crippen molar-refractivity contribution in [1.29, 1.82) is 0 Å². The number of ether oxygens (including phenoxy) is 1. The third-order valence-electron chi connectivity index (χ3n) is 4.10. The van der Waals surface area contributed by atoms with E-state index in [1.165, 1.54) is 0 Å². The van der Waals surface area contributed by atoms with E-state index in [2.05, 4.69) is 10.3 Å². The highest BCUT2D eigenvalue weighted by Crippen LogP contribution is 2.20. The largest absolute Gasteiger partial charge is 0.468 e. The molecule has 7 heteroatoms. The summed E-state index contributed by atoms with van der Waals surface area (Å²) in [5.74, 6) is 0.0843. The van der Waals surface area contributed by atoms with E-state index in [1.807, 2.05) is 31.1 Å². The maximum absolute atomic E-state index is 12.6. The monoisotopic (exact) mass is 347 g/mol. The molecule has 0 aliphatic heterocycles. The zero-order valence-corrected chi connectivity index (χ0v) is 15.3. The number of hydrogen-bond donors (Lipinski definition) is 2. The Morgan fingerprint density at radius 3 is 2.64 bits per heavy atom. The van der Waals surface area contributed by atoms with Crippen molar-refractivity contribution in [2.24, 2.45) is 0 Å². The van der Waals surface area contributed by atoms with Gasteiger partial charge in [0.2, 0.25) is 0 Å². The van der Waals surface area contributed by atoms with Crippen LogP contribution < -0.4 is 5.32 Å². The van der Waals surface area contributed by atoms with Crippen molar-refractivity contribution in [3.05, 3.63) is 46.7 Å². The van der Waals surface area contributed by atoms with Crippen LogP contribution in [0.5, 0.6) is 0 Å². The highest BCUT2D eigenvalue weighted by Gasteiger charge is 2.24. The van der Waals surface area contributed by atoms with Crippen molar-refractivity contribution in [2.75, 3.05) is 27.2 Å². The Labute approximate surface area is 147 Å². The van der Waals surface area contributed by atoms with Gasteiger partial charge in [0.15, 0.2) is 0 Å².